The van der Waals surface area contributed by atoms with Gasteiger partial charge in [-0.05, 0) is 125 Å². The first-order chi connectivity index (χ1) is 34.3. The molecule has 0 saturated carbocycles. The number of nitrogens with zero attached hydrogens (tertiary/aromatic N) is 2. The van der Waals surface area contributed by atoms with Crippen molar-refractivity contribution in [1.82, 2.24) is 9.97 Å². The van der Waals surface area contributed by atoms with Crippen LogP contribution in [0.25, 0.3) is 101 Å². The van der Waals surface area contributed by atoms with E-state index in [-0.39, 0.29) is 0 Å². The highest BCUT2D eigenvalue weighted by Gasteiger charge is 2.13. The normalized spacial score (nSPS) is 10.9. The molecule has 0 aliphatic heterocycles. The van der Waals surface area contributed by atoms with Crippen molar-refractivity contribution < 1.29 is 0 Å². The summed E-state index contributed by atoms with van der Waals surface area (Å²) in [7, 11) is 0. The molecule has 70 heavy (non-hydrogen) atoms. The topological polar surface area (TPSA) is 25.8 Å². The van der Waals surface area contributed by atoms with Crippen molar-refractivity contribution in [3.63, 3.8) is 0 Å². The number of aryl methyl sites for hydroxylation is 4. The van der Waals surface area contributed by atoms with Gasteiger partial charge in [0.15, 0.2) is 0 Å². The van der Waals surface area contributed by atoms with Gasteiger partial charge in [0.25, 0.3) is 0 Å². The zero-order valence-corrected chi connectivity index (χ0v) is 40.1. The van der Waals surface area contributed by atoms with Crippen LogP contribution in [0.2, 0.25) is 0 Å². The third-order valence-electron chi connectivity index (χ3n) is 13.0. The summed E-state index contributed by atoms with van der Waals surface area (Å²) in [6.45, 7) is 8.63. The zero-order valence-electron chi connectivity index (χ0n) is 40.1. The van der Waals surface area contributed by atoms with E-state index in [0.717, 1.165) is 45.0 Å². The summed E-state index contributed by atoms with van der Waals surface area (Å²) in [6, 6.07) is 90.2. The average Bonchev–Trinajstić information content (AvgIpc) is 3.43. The van der Waals surface area contributed by atoms with Crippen LogP contribution >= 0.6 is 0 Å². The molecule has 0 fully saturated rings. The Morgan fingerprint density at radius 2 is 0.514 bits per heavy atom. The van der Waals surface area contributed by atoms with E-state index in [9.17, 15) is 0 Å². The minimum atomic E-state index is 0.974. The van der Waals surface area contributed by atoms with E-state index in [4.69, 9.17) is 9.97 Å². The molecule has 0 spiro atoms. The van der Waals surface area contributed by atoms with Crippen molar-refractivity contribution in [2.45, 2.75) is 27.7 Å². The standard InChI is InChI=1S/C37H29N.C31H25N/c1-26-10-9-15-32(22-26)33-17-16-27(2)35(23-33)29-18-20-31(21-19-29)37-25-34(28-11-5-3-6-12-28)24-36(38-37)30-13-7-4-8-14-30;1-22-13-14-23(2)29(19-22)25-17-15-24(16-18-25)28-20-30(26-9-5-3-6-10-26)32-31(21-28)27-11-7-4-8-12-27/h3-25H,1-2H3;3-21H,1-2H3. The quantitative estimate of drug-likeness (QED) is 0.144. The molecule has 336 valence electrons. The number of hydrogen-bond acceptors (Lipinski definition) is 2. The monoisotopic (exact) mass is 898 g/mol. The van der Waals surface area contributed by atoms with Crippen LogP contribution in [0.15, 0.2) is 255 Å². The predicted octanol–water partition coefficient (Wildman–Crippen LogP) is 18.4. The van der Waals surface area contributed by atoms with Gasteiger partial charge in [0.1, 0.15) is 0 Å². The molecule has 0 unspecified atom stereocenters. The zero-order chi connectivity index (χ0) is 47.8. The fourth-order valence-electron chi connectivity index (χ4n) is 9.09. The minimum Gasteiger partial charge on any atom is -0.248 e. The molecule has 0 amide bonds. The van der Waals surface area contributed by atoms with Crippen molar-refractivity contribution in [3.05, 3.63) is 277 Å². The number of rotatable bonds is 9. The lowest BCUT2D eigenvalue weighted by Crippen LogP contribution is -1.92. The lowest BCUT2D eigenvalue weighted by molar-refractivity contribution is 1.32. The van der Waals surface area contributed by atoms with Gasteiger partial charge >= 0.3 is 0 Å². The van der Waals surface area contributed by atoms with E-state index in [1.165, 1.54) is 77.9 Å². The Hall–Kier alpha value is -8.72. The lowest BCUT2D eigenvalue weighted by Gasteiger charge is -2.12. The molecule has 11 rings (SSSR count). The summed E-state index contributed by atoms with van der Waals surface area (Å²) in [4.78, 5) is 10.1. The molecular formula is C68H54N2. The van der Waals surface area contributed by atoms with Crippen LogP contribution in [0.5, 0.6) is 0 Å². The Morgan fingerprint density at radius 1 is 0.200 bits per heavy atom. The van der Waals surface area contributed by atoms with Crippen LogP contribution in [-0.4, -0.2) is 9.97 Å². The van der Waals surface area contributed by atoms with Gasteiger partial charge in [-0.25, -0.2) is 9.97 Å². The first-order valence-electron chi connectivity index (χ1n) is 24.0. The summed E-state index contributed by atoms with van der Waals surface area (Å²) in [5.41, 5.74) is 25.7. The van der Waals surface area contributed by atoms with Crippen LogP contribution in [0, 0.1) is 27.7 Å². The molecule has 0 saturated heterocycles. The van der Waals surface area contributed by atoms with Crippen LogP contribution < -0.4 is 0 Å². The molecule has 0 radical (unpaired) electrons. The maximum absolute atomic E-state index is 5.08. The Bertz CT molecular complexity index is 3410. The maximum Gasteiger partial charge on any atom is 0.0715 e. The summed E-state index contributed by atoms with van der Waals surface area (Å²) in [6.07, 6.45) is 0. The van der Waals surface area contributed by atoms with Gasteiger partial charge in [0.2, 0.25) is 0 Å². The SMILES string of the molecule is Cc1ccc(C)c(-c2ccc(-c3cc(-c4ccccc4)nc(-c4ccccc4)c3)cc2)c1.Cc1cccc(-c2ccc(C)c(-c3ccc(-c4cc(-c5ccccc5)cc(-c5ccccc5)n4)cc3)c2)c1. The van der Waals surface area contributed by atoms with Gasteiger partial charge in [-0.1, -0.05) is 236 Å². The molecule has 2 nitrogen and oxygen atoms in total. The predicted molar refractivity (Wildman–Crippen MR) is 296 cm³/mol. The summed E-state index contributed by atoms with van der Waals surface area (Å²) < 4.78 is 0. The van der Waals surface area contributed by atoms with Crippen molar-refractivity contribution >= 4 is 0 Å². The van der Waals surface area contributed by atoms with Gasteiger partial charge < -0.3 is 0 Å². The second kappa shape index (κ2) is 20.7. The molecule has 9 aromatic carbocycles. The van der Waals surface area contributed by atoms with Gasteiger partial charge in [-0.3, -0.25) is 0 Å². The number of pyridine rings is 2. The largest absolute Gasteiger partial charge is 0.248 e. The number of aromatic nitrogens is 2. The number of benzene rings is 9. The van der Waals surface area contributed by atoms with E-state index in [1.807, 2.05) is 18.2 Å². The average molecular weight is 899 g/mol. The van der Waals surface area contributed by atoms with E-state index < -0.39 is 0 Å². The van der Waals surface area contributed by atoms with Crippen LogP contribution in [-0.2, 0) is 0 Å². The second-order valence-corrected chi connectivity index (χ2v) is 18.1. The van der Waals surface area contributed by atoms with Crippen LogP contribution in [0.3, 0.4) is 0 Å². The molecule has 11 aromatic rings. The Morgan fingerprint density at radius 3 is 0.971 bits per heavy atom. The van der Waals surface area contributed by atoms with E-state index in [0.29, 0.717) is 0 Å². The summed E-state index contributed by atoms with van der Waals surface area (Å²) in [5, 5.41) is 0. The Kier molecular flexibility index (Phi) is 13.3. The third kappa shape index (κ3) is 10.4. The van der Waals surface area contributed by atoms with Gasteiger partial charge in [-0.2, -0.15) is 0 Å². The summed E-state index contributed by atoms with van der Waals surface area (Å²) >= 11 is 0. The highest BCUT2D eigenvalue weighted by atomic mass is 14.7. The summed E-state index contributed by atoms with van der Waals surface area (Å²) in [5.74, 6) is 0. The fraction of sp³-hybridized carbons (Fsp3) is 0.0588. The van der Waals surface area contributed by atoms with Gasteiger partial charge in [0.05, 0.1) is 22.8 Å². The van der Waals surface area contributed by atoms with Crippen molar-refractivity contribution in [2.24, 2.45) is 0 Å². The maximum atomic E-state index is 5.08. The molecule has 2 aromatic heterocycles. The molecular weight excluding hydrogens is 845 g/mol. The van der Waals surface area contributed by atoms with E-state index in [2.05, 4.69) is 264 Å². The Balaban J connectivity index is 0.000000165. The minimum absolute atomic E-state index is 0.974. The lowest BCUT2D eigenvalue weighted by atomic mass is 9.93. The molecule has 0 bridgehead atoms. The first-order valence-corrected chi connectivity index (χ1v) is 24.0. The molecule has 2 heteroatoms. The van der Waals surface area contributed by atoms with Crippen molar-refractivity contribution in [1.29, 1.82) is 0 Å². The smallest absolute Gasteiger partial charge is 0.0715 e. The molecule has 0 aliphatic rings. The van der Waals surface area contributed by atoms with Crippen LogP contribution in [0.4, 0.5) is 0 Å². The number of hydrogen-bond donors (Lipinski definition) is 0. The molecule has 2 heterocycles. The molecule has 0 aliphatic carbocycles. The third-order valence-corrected chi connectivity index (χ3v) is 13.0. The van der Waals surface area contributed by atoms with Crippen molar-refractivity contribution in [3.8, 4) is 101 Å². The first kappa shape index (κ1) is 45.1. The van der Waals surface area contributed by atoms with Gasteiger partial charge in [-0.15, -0.1) is 0 Å². The van der Waals surface area contributed by atoms with Crippen molar-refractivity contribution in [2.75, 3.05) is 0 Å². The van der Waals surface area contributed by atoms with Crippen LogP contribution in [0.1, 0.15) is 22.3 Å². The molecule has 0 N–H and O–H groups in total. The second-order valence-electron chi connectivity index (χ2n) is 18.1. The molecule has 0 atom stereocenters. The van der Waals surface area contributed by atoms with E-state index in [1.54, 1.807) is 0 Å². The Labute approximate surface area is 413 Å². The highest BCUT2D eigenvalue weighted by Crippen LogP contribution is 2.35. The van der Waals surface area contributed by atoms with Gasteiger partial charge in [0, 0.05) is 22.3 Å². The highest BCUT2D eigenvalue weighted by molar-refractivity contribution is 5.81. The van der Waals surface area contributed by atoms with E-state index >= 15 is 0 Å². The fourth-order valence-corrected chi connectivity index (χ4v) is 9.09.